The standard InChI is InChI=1S/C21H24N6O3/c1-5-7-14-11-25(4)16-10-13(20(29)30)9-15-18(16)27(14)21(22-15)23-19(28)17-8-12(3)24-26(17)6-2/h5,8-10,14H,1,6-7,11H2,2-4H3,(H,29,30)(H,22,23,28)/t14-/m0/s1. The third kappa shape index (κ3) is 3.12. The number of anilines is 2. The van der Waals surface area contributed by atoms with Crippen LogP contribution < -0.4 is 10.2 Å². The maximum absolute atomic E-state index is 13.0. The molecule has 3 aromatic rings. The van der Waals surface area contributed by atoms with Gasteiger partial charge in [0, 0.05) is 20.1 Å². The third-order valence-electron chi connectivity index (χ3n) is 5.37. The lowest BCUT2D eigenvalue weighted by atomic mass is 10.1. The van der Waals surface area contributed by atoms with E-state index in [2.05, 4.69) is 22.0 Å². The highest BCUT2D eigenvalue weighted by molar-refractivity contribution is 6.05. The van der Waals surface area contributed by atoms with E-state index in [0.29, 0.717) is 36.7 Å². The van der Waals surface area contributed by atoms with Crippen LogP contribution in [0.3, 0.4) is 0 Å². The van der Waals surface area contributed by atoms with Gasteiger partial charge in [-0.25, -0.2) is 9.78 Å². The van der Waals surface area contributed by atoms with E-state index >= 15 is 0 Å². The minimum atomic E-state index is -1.02. The first-order valence-electron chi connectivity index (χ1n) is 9.81. The molecule has 0 unspecified atom stereocenters. The summed E-state index contributed by atoms with van der Waals surface area (Å²) in [7, 11) is 1.92. The molecule has 1 amide bonds. The van der Waals surface area contributed by atoms with E-state index in [1.807, 2.05) is 36.4 Å². The van der Waals surface area contributed by atoms with E-state index in [9.17, 15) is 14.7 Å². The number of carbonyl (C=O) groups excluding carboxylic acids is 1. The second-order valence-electron chi connectivity index (χ2n) is 7.47. The molecular weight excluding hydrogens is 384 g/mol. The number of carbonyl (C=O) groups is 2. The summed E-state index contributed by atoms with van der Waals surface area (Å²) in [5.41, 5.74) is 3.48. The normalized spacial score (nSPS) is 15.4. The molecule has 30 heavy (non-hydrogen) atoms. The number of hydrogen-bond donors (Lipinski definition) is 2. The van der Waals surface area contributed by atoms with Gasteiger partial charge in [-0.05, 0) is 38.5 Å². The number of amides is 1. The quantitative estimate of drug-likeness (QED) is 0.607. The average molecular weight is 408 g/mol. The zero-order valence-electron chi connectivity index (χ0n) is 17.2. The zero-order valence-corrected chi connectivity index (χ0v) is 17.2. The van der Waals surface area contributed by atoms with Gasteiger partial charge in [0.15, 0.2) is 0 Å². The number of benzene rings is 1. The van der Waals surface area contributed by atoms with E-state index < -0.39 is 5.97 Å². The Hall–Kier alpha value is -3.62. The molecule has 0 fully saturated rings. The molecule has 1 aromatic carbocycles. The number of aromatic nitrogens is 4. The molecule has 156 valence electrons. The fourth-order valence-corrected chi connectivity index (χ4v) is 4.07. The summed E-state index contributed by atoms with van der Waals surface area (Å²) in [6.45, 7) is 8.83. The molecule has 2 N–H and O–H groups in total. The number of allylic oxidation sites excluding steroid dienone is 1. The molecule has 4 rings (SSSR count). The average Bonchev–Trinajstić information content (AvgIpc) is 3.26. The molecule has 0 bridgehead atoms. The molecule has 2 aromatic heterocycles. The number of carboxylic acids is 1. The highest BCUT2D eigenvalue weighted by atomic mass is 16.4. The summed E-state index contributed by atoms with van der Waals surface area (Å²) in [4.78, 5) is 31.2. The first-order chi connectivity index (χ1) is 14.3. The van der Waals surface area contributed by atoms with Crippen molar-refractivity contribution >= 4 is 34.5 Å². The predicted molar refractivity (Wildman–Crippen MR) is 114 cm³/mol. The fraction of sp³-hybridized carbons (Fsp3) is 0.333. The highest BCUT2D eigenvalue weighted by Gasteiger charge is 2.30. The number of hydrogen-bond acceptors (Lipinski definition) is 5. The van der Waals surface area contributed by atoms with E-state index in [1.54, 1.807) is 16.8 Å². The molecular formula is C21H24N6O3. The Morgan fingerprint density at radius 3 is 2.80 bits per heavy atom. The van der Waals surface area contributed by atoms with Gasteiger partial charge >= 0.3 is 5.97 Å². The van der Waals surface area contributed by atoms with Crippen LogP contribution in [-0.4, -0.2) is 49.9 Å². The van der Waals surface area contributed by atoms with Crippen LogP contribution in [0.5, 0.6) is 0 Å². The number of likely N-dealkylation sites (N-methyl/N-ethyl adjacent to an activating group) is 1. The van der Waals surface area contributed by atoms with Gasteiger partial charge < -0.3 is 14.6 Å². The lowest BCUT2D eigenvalue weighted by Gasteiger charge is -2.33. The van der Waals surface area contributed by atoms with Gasteiger partial charge in [0.2, 0.25) is 5.95 Å². The molecule has 0 aliphatic carbocycles. The summed E-state index contributed by atoms with van der Waals surface area (Å²) in [6.07, 6.45) is 2.52. The summed E-state index contributed by atoms with van der Waals surface area (Å²) < 4.78 is 3.63. The number of aromatic carboxylic acids is 1. The molecule has 0 saturated heterocycles. The highest BCUT2D eigenvalue weighted by Crippen LogP contribution is 2.39. The first-order valence-corrected chi connectivity index (χ1v) is 9.81. The van der Waals surface area contributed by atoms with E-state index in [4.69, 9.17) is 0 Å². The van der Waals surface area contributed by atoms with Crippen molar-refractivity contribution < 1.29 is 14.7 Å². The second-order valence-corrected chi connectivity index (χ2v) is 7.47. The lowest BCUT2D eigenvalue weighted by Crippen LogP contribution is -2.33. The van der Waals surface area contributed by atoms with E-state index in [0.717, 1.165) is 16.9 Å². The van der Waals surface area contributed by atoms with Gasteiger partial charge in [-0.15, -0.1) is 6.58 Å². The molecule has 0 saturated carbocycles. The number of carboxylic acid groups (broad SMARTS) is 1. The smallest absolute Gasteiger partial charge is 0.335 e. The van der Waals surface area contributed by atoms with Crippen LogP contribution >= 0.6 is 0 Å². The minimum absolute atomic E-state index is 0.00815. The van der Waals surface area contributed by atoms with Crippen molar-refractivity contribution in [3.63, 3.8) is 0 Å². The number of nitrogens with zero attached hydrogens (tertiary/aromatic N) is 5. The first kappa shape index (κ1) is 19.7. The lowest BCUT2D eigenvalue weighted by molar-refractivity contribution is 0.0697. The second kappa shape index (κ2) is 7.33. The predicted octanol–water partition coefficient (Wildman–Crippen LogP) is 3.08. The summed E-state index contributed by atoms with van der Waals surface area (Å²) in [6, 6.07) is 4.93. The molecule has 3 heterocycles. The summed E-state index contributed by atoms with van der Waals surface area (Å²) >= 11 is 0. The van der Waals surface area contributed by atoms with Gasteiger partial charge in [-0.3, -0.25) is 14.8 Å². The molecule has 1 aliphatic rings. The summed E-state index contributed by atoms with van der Waals surface area (Å²) in [5.74, 6) is -0.933. The van der Waals surface area contributed by atoms with E-state index in [1.165, 1.54) is 6.07 Å². The maximum atomic E-state index is 13.0. The van der Waals surface area contributed by atoms with Crippen molar-refractivity contribution in [1.82, 2.24) is 19.3 Å². The SMILES string of the molecule is C=CC[C@H]1CN(C)c2cc(C(=O)O)cc3nc(NC(=O)c4cc(C)nn4CC)n1c23. The van der Waals surface area contributed by atoms with Crippen molar-refractivity contribution in [2.75, 3.05) is 23.8 Å². The molecule has 1 atom stereocenters. The van der Waals surface area contributed by atoms with Gasteiger partial charge in [0.1, 0.15) is 5.69 Å². The Morgan fingerprint density at radius 1 is 1.37 bits per heavy atom. The monoisotopic (exact) mass is 408 g/mol. The molecule has 1 aliphatic heterocycles. The van der Waals surface area contributed by atoms with Crippen molar-refractivity contribution in [3.8, 4) is 0 Å². The van der Waals surface area contributed by atoms with Gasteiger partial charge in [0.05, 0.1) is 34.0 Å². The van der Waals surface area contributed by atoms with Crippen LogP contribution in [0.15, 0.2) is 30.9 Å². The Labute approximate surface area is 173 Å². The molecule has 9 nitrogen and oxygen atoms in total. The largest absolute Gasteiger partial charge is 0.478 e. The van der Waals surface area contributed by atoms with Crippen LogP contribution in [0.2, 0.25) is 0 Å². The molecule has 9 heteroatoms. The fourth-order valence-electron chi connectivity index (χ4n) is 4.07. The number of imidazole rings is 1. The Kier molecular flexibility index (Phi) is 4.81. The van der Waals surface area contributed by atoms with Crippen molar-refractivity contribution in [1.29, 1.82) is 0 Å². The zero-order chi connectivity index (χ0) is 21.6. The van der Waals surface area contributed by atoms with E-state index in [-0.39, 0.29) is 17.5 Å². The van der Waals surface area contributed by atoms with Crippen LogP contribution in [0.4, 0.5) is 11.6 Å². The van der Waals surface area contributed by atoms with Gasteiger partial charge in [-0.2, -0.15) is 5.10 Å². The minimum Gasteiger partial charge on any atom is -0.478 e. The number of aryl methyl sites for hydroxylation is 2. The van der Waals surface area contributed by atoms with Crippen LogP contribution in [-0.2, 0) is 6.54 Å². The van der Waals surface area contributed by atoms with Gasteiger partial charge in [0.25, 0.3) is 5.91 Å². The Morgan fingerprint density at radius 2 is 2.13 bits per heavy atom. The summed E-state index contributed by atoms with van der Waals surface area (Å²) in [5, 5.41) is 16.7. The van der Waals surface area contributed by atoms with Crippen molar-refractivity contribution in [2.24, 2.45) is 0 Å². The third-order valence-corrected chi connectivity index (χ3v) is 5.37. The number of rotatable bonds is 6. The Bertz CT molecular complexity index is 1180. The Balaban J connectivity index is 1.86. The van der Waals surface area contributed by atoms with Crippen LogP contribution in [0, 0.1) is 6.92 Å². The van der Waals surface area contributed by atoms with Gasteiger partial charge in [-0.1, -0.05) is 6.08 Å². The molecule has 0 radical (unpaired) electrons. The van der Waals surface area contributed by atoms with Crippen molar-refractivity contribution in [3.05, 3.63) is 47.8 Å². The maximum Gasteiger partial charge on any atom is 0.335 e. The van der Waals surface area contributed by atoms with Crippen LogP contribution in [0.25, 0.3) is 11.0 Å². The van der Waals surface area contributed by atoms with Crippen molar-refractivity contribution in [2.45, 2.75) is 32.9 Å². The topological polar surface area (TPSA) is 105 Å². The van der Waals surface area contributed by atoms with Crippen LogP contribution in [0.1, 0.15) is 45.9 Å². The molecule has 0 spiro atoms. The number of nitrogens with one attached hydrogen (secondary N) is 1.